The van der Waals surface area contributed by atoms with E-state index >= 15 is 0 Å². The number of halogens is 1. The van der Waals surface area contributed by atoms with Crippen molar-refractivity contribution in [2.75, 3.05) is 12.8 Å². The fraction of sp³-hybridized carbons (Fsp3) is 0.391. The normalized spacial score (nSPS) is 11.2. The zero-order chi connectivity index (χ0) is 24.0. The molecule has 0 aliphatic carbocycles. The Morgan fingerprint density at radius 1 is 1.18 bits per heavy atom. The molecule has 0 aliphatic rings. The molecule has 0 saturated carbocycles. The predicted octanol–water partition coefficient (Wildman–Crippen LogP) is 4.02. The number of carbonyl (C=O) groups is 2. The quantitative estimate of drug-likeness (QED) is 0.408. The molecule has 0 unspecified atom stereocenters. The van der Waals surface area contributed by atoms with Crippen molar-refractivity contribution < 1.29 is 14.0 Å². The smallest absolute Gasteiger partial charge is 0.233 e. The Hall–Kier alpha value is -2.78. The van der Waals surface area contributed by atoms with Crippen LogP contribution in [0.5, 0.6) is 0 Å². The molecule has 0 spiro atoms. The van der Waals surface area contributed by atoms with E-state index in [0.29, 0.717) is 47.2 Å². The molecular weight excluding hydrogens is 462 g/mol. The van der Waals surface area contributed by atoms with E-state index in [4.69, 9.17) is 21.8 Å². The molecule has 0 fully saturated rings. The molecule has 3 rings (SSSR count). The van der Waals surface area contributed by atoms with Crippen LogP contribution in [0.3, 0.4) is 0 Å². The lowest BCUT2D eigenvalue weighted by atomic mass is 10.2. The summed E-state index contributed by atoms with van der Waals surface area (Å²) in [4.78, 5) is 25.5. The monoisotopic (exact) mass is 489 g/mol. The van der Waals surface area contributed by atoms with E-state index in [2.05, 4.69) is 24.0 Å². The molecule has 8 nitrogen and oxygen atoms in total. The molecule has 10 heteroatoms. The minimum atomic E-state index is -0.378. The van der Waals surface area contributed by atoms with E-state index in [9.17, 15) is 9.59 Å². The van der Waals surface area contributed by atoms with Crippen molar-refractivity contribution >= 4 is 35.2 Å². The third-order valence-corrected chi connectivity index (χ3v) is 6.07. The van der Waals surface area contributed by atoms with Crippen molar-refractivity contribution in [3.8, 4) is 11.3 Å². The average molecular weight is 490 g/mol. The number of furan rings is 1. The summed E-state index contributed by atoms with van der Waals surface area (Å²) in [6.45, 7) is 5.24. The second-order valence-corrected chi connectivity index (χ2v) is 9.56. The lowest BCUT2D eigenvalue weighted by Crippen LogP contribution is -2.27. The van der Waals surface area contributed by atoms with E-state index in [1.165, 1.54) is 11.8 Å². The Morgan fingerprint density at radius 2 is 1.91 bits per heavy atom. The molecule has 0 atom stereocenters. The van der Waals surface area contributed by atoms with Crippen LogP contribution >= 0.6 is 23.4 Å². The highest BCUT2D eigenvalue weighted by atomic mass is 35.5. The van der Waals surface area contributed by atoms with Gasteiger partial charge in [0.15, 0.2) is 5.16 Å². The molecule has 3 aromatic rings. The Kier molecular flexibility index (Phi) is 8.57. The molecule has 2 aromatic heterocycles. The summed E-state index contributed by atoms with van der Waals surface area (Å²) in [6, 6.07) is 11.1. The number of primary amides is 1. The first-order valence-corrected chi connectivity index (χ1v) is 12.0. The summed E-state index contributed by atoms with van der Waals surface area (Å²) < 4.78 is 7.87. The topological polar surface area (TPSA) is 107 Å². The highest BCUT2D eigenvalue weighted by molar-refractivity contribution is 7.99. The molecule has 176 valence electrons. The molecule has 2 N–H and O–H groups in total. The van der Waals surface area contributed by atoms with Crippen LogP contribution in [-0.2, 0) is 29.1 Å². The number of nitrogens with zero attached hydrogens (tertiary/aromatic N) is 4. The summed E-state index contributed by atoms with van der Waals surface area (Å²) in [5.74, 6) is 2.27. The van der Waals surface area contributed by atoms with Gasteiger partial charge in [-0.1, -0.05) is 37.2 Å². The zero-order valence-corrected chi connectivity index (χ0v) is 20.5. The summed E-state index contributed by atoms with van der Waals surface area (Å²) >= 11 is 7.27. The van der Waals surface area contributed by atoms with Crippen LogP contribution in [-0.4, -0.2) is 44.3 Å². The van der Waals surface area contributed by atoms with Crippen molar-refractivity contribution in [3.05, 3.63) is 53.0 Å². The third-order valence-electron chi connectivity index (χ3n) is 4.87. The summed E-state index contributed by atoms with van der Waals surface area (Å²) in [5.41, 5.74) is 6.19. The predicted molar refractivity (Wildman–Crippen MR) is 129 cm³/mol. The second-order valence-electron chi connectivity index (χ2n) is 8.18. The van der Waals surface area contributed by atoms with Gasteiger partial charge in [-0.05, 0) is 42.3 Å². The van der Waals surface area contributed by atoms with Gasteiger partial charge in [0.1, 0.15) is 17.3 Å². The molecule has 0 saturated heterocycles. The molecule has 2 heterocycles. The largest absolute Gasteiger partial charge is 0.459 e. The van der Waals surface area contributed by atoms with Gasteiger partial charge in [-0.15, -0.1) is 10.2 Å². The van der Waals surface area contributed by atoms with Gasteiger partial charge in [0.2, 0.25) is 11.8 Å². The lowest BCUT2D eigenvalue weighted by Gasteiger charge is -2.16. The van der Waals surface area contributed by atoms with Crippen molar-refractivity contribution in [2.24, 2.45) is 11.7 Å². The van der Waals surface area contributed by atoms with Crippen LogP contribution in [0.1, 0.15) is 31.9 Å². The number of hydrogen-bond donors (Lipinski definition) is 1. The molecule has 1 aromatic carbocycles. The molecular formula is C23H28ClN5O3S. The van der Waals surface area contributed by atoms with Gasteiger partial charge in [-0.3, -0.25) is 9.59 Å². The maximum absolute atomic E-state index is 12.7. The zero-order valence-electron chi connectivity index (χ0n) is 19.0. The SMILES string of the molecule is CC(C)Cn1c(CCC(N)=O)nnc1SCC(=O)N(C)Cc1ccc(-c2ccc(Cl)cc2)o1. The number of hydrogen-bond acceptors (Lipinski definition) is 6. The van der Waals surface area contributed by atoms with Crippen molar-refractivity contribution in [1.29, 1.82) is 0 Å². The van der Waals surface area contributed by atoms with Crippen molar-refractivity contribution in [1.82, 2.24) is 19.7 Å². The van der Waals surface area contributed by atoms with Crippen LogP contribution < -0.4 is 5.73 Å². The molecule has 0 bridgehead atoms. The van der Waals surface area contributed by atoms with E-state index < -0.39 is 0 Å². The van der Waals surface area contributed by atoms with Gasteiger partial charge in [-0.2, -0.15) is 0 Å². The first-order chi connectivity index (χ1) is 15.7. The van der Waals surface area contributed by atoms with Crippen LogP contribution in [0.15, 0.2) is 46.0 Å². The van der Waals surface area contributed by atoms with Crippen LogP contribution in [0.2, 0.25) is 5.02 Å². The Labute approximate surface area is 202 Å². The number of benzene rings is 1. The highest BCUT2D eigenvalue weighted by Crippen LogP contribution is 2.25. The first kappa shape index (κ1) is 24.9. The number of carbonyl (C=O) groups excluding carboxylic acids is 2. The van der Waals surface area contributed by atoms with Crippen LogP contribution in [0, 0.1) is 5.92 Å². The minimum Gasteiger partial charge on any atom is -0.459 e. The first-order valence-electron chi connectivity index (χ1n) is 10.6. The van der Waals surface area contributed by atoms with Gasteiger partial charge in [-0.25, -0.2) is 0 Å². The number of amides is 2. The van der Waals surface area contributed by atoms with E-state index in [-0.39, 0.29) is 24.0 Å². The van der Waals surface area contributed by atoms with Gasteiger partial charge in [0.05, 0.1) is 12.3 Å². The fourth-order valence-electron chi connectivity index (χ4n) is 3.18. The lowest BCUT2D eigenvalue weighted by molar-refractivity contribution is -0.127. The van der Waals surface area contributed by atoms with Gasteiger partial charge in [0, 0.05) is 37.0 Å². The Morgan fingerprint density at radius 3 is 2.58 bits per heavy atom. The van der Waals surface area contributed by atoms with E-state index in [1.54, 1.807) is 11.9 Å². The summed E-state index contributed by atoms with van der Waals surface area (Å²) in [6.07, 6.45) is 0.641. The average Bonchev–Trinajstić information content (AvgIpc) is 3.37. The maximum atomic E-state index is 12.7. The number of nitrogens with two attached hydrogens (primary N) is 1. The minimum absolute atomic E-state index is 0.0535. The summed E-state index contributed by atoms with van der Waals surface area (Å²) in [5, 5.41) is 9.76. The summed E-state index contributed by atoms with van der Waals surface area (Å²) in [7, 11) is 1.74. The number of aryl methyl sites for hydroxylation is 1. The van der Waals surface area contributed by atoms with E-state index in [1.807, 2.05) is 41.0 Å². The second kappa shape index (κ2) is 11.4. The third kappa shape index (κ3) is 7.10. The maximum Gasteiger partial charge on any atom is 0.233 e. The van der Waals surface area contributed by atoms with Gasteiger partial charge < -0.3 is 19.6 Å². The fourth-order valence-corrected chi connectivity index (χ4v) is 4.22. The van der Waals surface area contributed by atoms with Crippen molar-refractivity contribution in [3.63, 3.8) is 0 Å². The Balaban J connectivity index is 1.59. The van der Waals surface area contributed by atoms with Gasteiger partial charge >= 0.3 is 0 Å². The molecule has 0 radical (unpaired) electrons. The van der Waals surface area contributed by atoms with Crippen LogP contribution in [0.25, 0.3) is 11.3 Å². The number of rotatable bonds is 11. The highest BCUT2D eigenvalue weighted by Gasteiger charge is 2.18. The number of thioether (sulfide) groups is 1. The van der Waals surface area contributed by atoms with Gasteiger partial charge in [0.25, 0.3) is 0 Å². The van der Waals surface area contributed by atoms with E-state index in [0.717, 1.165) is 11.3 Å². The molecule has 33 heavy (non-hydrogen) atoms. The standard InChI is InChI=1S/C23H28ClN5O3S/c1-15(2)12-29-21(11-10-20(25)30)26-27-23(29)33-14-22(31)28(3)13-18-8-9-19(32-18)16-4-6-17(24)7-5-16/h4-9,15H,10-14H2,1-3H3,(H2,25,30). The Bertz CT molecular complexity index is 1090. The van der Waals surface area contributed by atoms with Crippen molar-refractivity contribution in [2.45, 2.75) is 44.9 Å². The molecule has 2 amide bonds. The number of aromatic nitrogens is 3. The molecule has 0 aliphatic heterocycles. The van der Waals surface area contributed by atoms with Crippen LogP contribution in [0.4, 0.5) is 0 Å².